The minimum atomic E-state index is 0.584. The molecule has 24 heavy (non-hydrogen) atoms. The van der Waals surface area contributed by atoms with Crippen molar-refractivity contribution in [1.29, 1.82) is 0 Å². The first kappa shape index (κ1) is 15.0. The zero-order valence-electron chi connectivity index (χ0n) is 13.8. The Labute approximate surface area is 141 Å². The van der Waals surface area contributed by atoms with Crippen molar-refractivity contribution in [1.82, 2.24) is 9.55 Å². The number of benzene rings is 2. The highest BCUT2D eigenvalue weighted by atomic mass is 16.6. The fraction of sp³-hybridized carbons (Fsp3) is 0.316. The van der Waals surface area contributed by atoms with Gasteiger partial charge >= 0.3 is 0 Å². The summed E-state index contributed by atoms with van der Waals surface area (Å²) < 4.78 is 13.6. The predicted octanol–water partition coefficient (Wildman–Crippen LogP) is 2.86. The minimum Gasteiger partial charge on any atom is -0.486 e. The number of ether oxygens (including phenoxy) is 2. The van der Waals surface area contributed by atoms with Gasteiger partial charge in [-0.15, -0.1) is 0 Å². The summed E-state index contributed by atoms with van der Waals surface area (Å²) in [6.07, 6.45) is 1.75. The summed E-state index contributed by atoms with van der Waals surface area (Å²) in [4.78, 5) is 4.78. The van der Waals surface area contributed by atoms with E-state index in [0.29, 0.717) is 19.8 Å². The Morgan fingerprint density at radius 3 is 2.46 bits per heavy atom. The number of aromatic nitrogens is 2. The maximum absolute atomic E-state index is 5.74. The second-order valence-corrected chi connectivity index (χ2v) is 5.91. The number of imidazole rings is 1. The first-order valence-electron chi connectivity index (χ1n) is 8.40. The van der Waals surface area contributed by atoms with Crippen LogP contribution in [0.1, 0.15) is 18.3 Å². The maximum atomic E-state index is 5.74. The molecule has 0 radical (unpaired) electrons. The van der Waals surface area contributed by atoms with Crippen molar-refractivity contribution in [2.24, 2.45) is 5.73 Å². The van der Waals surface area contributed by atoms with Gasteiger partial charge in [0.1, 0.15) is 19.0 Å². The van der Waals surface area contributed by atoms with Gasteiger partial charge in [-0.25, -0.2) is 4.98 Å². The molecule has 0 amide bonds. The van der Waals surface area contributed by atoms with E-state index in [9.17, 15) is 0 Å². The number of hydrogen-bond donors (Lipinski definition) is 1. The fourth-order valence-electron chi connectivity index (χ4n) is 3.17. The quantitative estimate of drug-likeness (QED) is 0.802. The van der Waals surface area contributed by atoms with E-state index in [0.717, 1.165) is 46.9 Å². The van der Waals surface area contributed by atoms with Gasteiger partial charge in [-0.05, 0) is 30.7 Å². The van der Waals surface area contributed by atoms with E-state index >= 15 is 0 Å². The van der Waals surface area contributed by atoms with E-state index in [-0.39, 0.29) is 0 Å². The third kappa shape index (κ3) is 2.51. The maximum Gasteiger partial charge on any atom is 0.163 e. The van der Waals surface area contributed by atoms with Gasteiger partial charge in [0, 0.05) is 24.2 Å². The van der Waals surface area contributed by atoms with Crippen LogP contribution in [0.2, 0.25) is 0 Å². The fourth-order valence-corrected chi connectivity index (χ4v) is 3.17. The lowest BCUT2D eigenvalue weighted by molar-refractivity contribution is 0.172. The summed E-state index contributed by atoms with van der Waals surface area (Å²) in [5, 5.41) is 0. The first-order valence-corrected chi connectivity index (χ1v) is 8.40. The van der Waals surface area contributed by atoms with E-state index in [1.165, 1.54) is 5.56 Å². The van der Waals surface area contributed by atoms with Gasteiger partial charge in [0.15, 0.2) is 11.5 Å². The molecule has 0 saturated heterocycles. The van der Waals surface area contributed by atoms with Gasteiger partial charge in [0.2, 0.25) is 0 Å². The molecule has 0 saturated carbocycles. The van der Waals surface area contributed by atoms with Crippen LogP contribution < -0.4 is 15.2 Å². The van der Waals surface area contributed by atoms with Crippen LogP contribution >= 0.6 is 0 Å². The summed E-state index contributed by atoms with van der Waals surface area (Å²) in [5.74, 6) is 2.59. The SMILES string of the molecule is CCc1nc2cc3c(cc2n1-c1ccc(CCN)cc1)OCCO3. The Balaban J connectivity index is 1.86. The average Bonchev–Trinajstić information content (AvgIpc) is 2.98. The standard InChI is InChI=1S/C19H21N3O2/c1-2-19-21-15-11-17-18(24-10-9-23-17)12-16(15)22(19)14-5-3-13(4-6-14)7-8-20/h3-6,11-12H,2,7-10,20H2,1H3. The molecule has 0 unspecified atom stereocenters. The number of aryl methyl sites for hydroxylation is 1. The molecule has 1 aliphatic rings. The molecule has 0 spiro atoms. The lowest BCUT2D eigenvalue weighted by Gasteiger charge is -2.18. The van der Waals surface area contributed by atoms with E-state index in [1.54, 1.807) is 0 Å². The zero-order chi connectivity index (χ0) is 16.5. The molecule has 0 fully saturated rings. The van der Waals surface area contributed by atoms with Gasteiger partial charge < -0.3 is 15.2 Å². The largest absolute Gasteiger partial charge is 0.486 e. The Bertz CT molecular complexity index is 868. The highest BCUT2D eigenvalue weighted by Crippen LogP contribution is 2.35. The number of rotatable bonds is 4. The minimum absolute atomic E-state index is 0.584. The van der Waals surface area contributed by atoms with Gasteiger partial charge in [-0.2, -0.15) is 0 Å². The van der Waals surface area contributed by atoms with Crippen molar-refractivity contribution in [3.05, 3.63) is 47.8 Å². The second-order valence-electron chi connectivity index (χ2n) is 5.91. The summed E-state index contributed by atoms with van der Waals surface area (Å²) in [5.41, 5.74) is 9.97. The number of fused-ring (bicyclic) bond motifs is 2. The van der Waals surface area contributed by atoms with Crippen LogP contribution in [0.25, 0.3) is 16.7 Å². The van der Waals surface area contributed by atoms with Crippen molar-refractivity contribution in [2.45, 2.75) is 19.8 Å². The molecule has 0 aliphatic carbocycles. The summed E-state index contributed by atoms with van der Waals surface area (Å²) in [7, 11) is 0. The molecular formula is C19H21N3O2. The van der Waals surface area contributed by atoms with Gasteiger partial charge in [0.25, 0.3) is 0 Å². The van der Waals surface area contributed by atoms with Crippen LogP contribution in [0, 0.1) is 0 Å². The van der Waals surface area contributed by atoms with Crippen LogP contribution in [0.3, 0.4) is 0 Å². The molecule has 3 aromatic rings. The molecule has 2 aromatic carbocycles. The van der Waals surface area contributed by atoms with E-state index < -0.39 is 0 Å². The van der Waals surface area contributed by atoms with Crippen molar-refractivity contribution in [3.8, 4) is 17.2 Å². The Morgan fingerprint density at radius 2 is 1.79 bits per heavy atom. The molecule has 5 heteroatoms. The van der Waals surface area contributed by atoms with Crippen LogP contribution in [0.5, 0.6) is 11.5 Å². The molecule has 0 atom stereocenters. The van der Waals surface area contributed by atoms with Crippen LogP contribution in [-0.2, 0) is 12.8 Å². The molecule has 1 aromatic heterocycles. The topological polar surface area (TPSA) is 62.3 Å². The molecular weight excluding hydrogens is 302 g/mol. The molecule has 4 rings (SSSR count). The van der Waals surface area contributed by atoms with Gasteiger partial charge in [-0.1, -0.05) is 19.1 Å². The lowest BCUT2D eigenvalue weighted by atomic mass is 10.1. The Kier molecular flexibility index (Phi) is 3.86. The summed E-state index contributed by atoms with van der Waals surface area (Å²) in [6, 6.07) is 12.5. The normalized spacial score (nSPS) is 13.4. The van der Waals surface area contributed by atoms with E-state index in [1.807, 2.05) is 12.1 Å². The summed E-state index contributed by atoms with van der Waals surface area (Å²) in [6.45, 7) is 3.95. The smallest absolute Gasteiger partial charge is 0.163 e. The van der Waals surface area contributed by atoms with Gasteiger partial charge in [0.05, 0.1) is 11.0 Å². The second kappa shape index (κ2) is 6.17. The molecule has 2 N–H and O–H groups in total. The number of hydrogen-bond acceptors (Lipinski definition) is 4. The van der Waals surface area contributed by atoms with E-state index in [4.69, 9.17) is 20.2 Å². The summed E-state index contributed by atoms with van der Waals surface area (Å²) >= 11 is 0. The first-order chi connectivity index (χ1) is 11.8. The molecule has 2 heterocycles. The molecule has 124 valence electrons. The molecule has 0 bridgehead atoms. The van der Waals surface area contributed by atoms with E-state index in [2.05, 4.69) is 35.8 Å². The number of nitrogens with zero attached hydrogens (tertiary/aromatic N) is 2. The van der Waals surface area contributed by atoms with Crippen LogP contribution in [0.15, 0.2) is 36.4 Å². The zero-order valence-corrected chi connectivity index (χ0v) is 13.8. The third-order valence-corrected chi connectivity index (χ3v) is 4.33. The highest BCUT2D eigenvalue weighted by molar-refractivity contribution is 5.82. The van der Waals surface area contributed by atoms with Crippen molar-refractivity contribution in [2.75, 3.05) is 19.8 Å². The van der Waals surface area contributed by atoms with Crippen LogP contribution in [0.4, 0.5) is 0 Å². The van der Waals surface area contributed by atoms with Crippen molar-refractivity contribution >= 4 is 11.0 Å². The Morgan fingerprint density at radius 1 is 1.08 bits per heavy atom. The third-order valence-electron chi connectivity index (χ3n) is 4.33. The van der Waals surface area contributed by atoms with Crippen molar-refractivity contribution < 1.29 is 9.47 Å². The van der Waals surface area contributed by atoms with Crippen LogP contribution in [-0.4, -0.2) is 29.3 Å². The Hall–Kier alpha value is -2.53. The highest BCUT2D eigenvalue weighted by Gasteiger charge is 2.18. The molecule has 1 aliphatic heterocycles. The molecule has 5 nitrogen and oxygen atoms in total. The monoisotopic (exact) mass is 323 g/mol. The number of nitrogens with two attached hydrogens (primary N) is 1. The lowest BCUT2D eigenvalue weighted by Crippen LogP contribution is -2.15. The average molecular weight is 323 g/mol. The van der Waals surface area contributed by atoms with Crippen molar-refractivity contribution in [3.63, 3.8) is 0 Å². The van der Waals surface area contributed by atoms with Gasteiger partial charge in [-0.3, -0.25) is 4.57 Å². The predicted molar refractivity (Wildman–Crippen MR) is 94.2 cm³/mol.